The van der Waals surface area contributed by atoms with Crippen LogP contribution in [-0.4, -0.2) is 156 Å². The molecule has 0 spiro atoms. The molecule has 0 bridgehead atoms. The number of nitrogens with one attached hydrogen (secondary N) is 3. The van der Waals surface area contributed by atoms with Gasteiger partial charge in [-0.15, -0.1) is 27.7 Å². The summed E-state index contributed by atoms with van der Waals surface area (Å²) in [4.78, 5) is 53.4. The van der Waals surface area contributed by atoms with Crippen LogP contribution in [0, 0.1) is 0 Å². The van der Waals surface area contributed by atoms with E-state index in [0.717, 1.165) is 43.3 Å². The van der Waals surface area contributed by atoms with Crippen LogP contribution in [0.5, 0.6) is 0 Å². The fourth-order valence-corrected chi connectivity index (χ4v) is 9.64. The predicted molar refractivity (Wildman–Crippen MR) is 340 cm³/mol. The minimum Gasteiger partial charge on any atom is -0.423 e. The third kappa shape index (κ3) is 17.2. The van der Waals surface area contributed by atoms with E-state index in [1.807, 2.05) is 97.3 Å². The van der Waals surface area contributed by atoms with E-state index in [1.54, 1.807) is 86.9 Å². The molecule has 29 heteroatoms. The minimum absolute atomic E-state index is 0. The number of carbonyl (C=O) groups excluding carboxylic acids is 2. The Morgan fingerprint density at radius 1 is 0.545 bits per heavy atom. The summed E-state index contributed by atoms with van der Waals surface area (Å²) in [6, 6.07) is 39.9. The first-order valence-electron chi connectivity index (χ1n) is 27.4. The van der Waals surface area contributed by atoms with E-state index >= 15 is 0 Å². The van der Waals surface area contributed by atoms with Gasteiger partial charge in [-0.05, 0) is 105 Å². The molecule has 0 aliphatic carbocycles. The summed E-state index contributed by atoms with van der Waals surface area (Å²) in [6.07, 6.45) is 9.61. The van der Waals surface area contributed by atoms with E-state index in [9.17, 15) is 22.8 Å². The highest BCUT2D eigenvalue weighted by molar-refractivity contribution is 9.10. The third-order valence-corrected chi connectivity index (χ3v) is 14.3. The first-order valence-corrected chi connectivity index (χ1v) is 29.0. The number of fused-ring (bicyclic) bond motifs is 3. The molecule has 7 N–H and O–H groups in total. The Kier molecular flexibility index (Phi) is 21.8. The average Bonchev–Trinajstić information content (AvgIpc) is 4.32. The number of hydrogen-bond donors (Lipinski definition) is 6. The van der Waals surface area contributed by atoms with E-state index < -0.39 is 25.6 Å². The number of anilines is 3. The van der Waals surface area contributed by atoms with Gasteiger partial charge in [0.05, 0.1) is 22.0 Å². The summed E-state index contributed by atoms with van der Waals surface area (Å²) in [5.74, 6) is 3.16. The SMILES string of the molecule is Cl.F[C@H]1CCNC1.Nc1cccc(-c2nc3ncc(Br)cn3n2)c1.O=C(Nc1cccc(-c2nc3ncc(-c4ccccc4)cn3n2)c1)N1CC[C@H](F)C1.O=C(Nc1cccc(-c2nc3ncc(Br)cn3n2)c1)N1CC[C@@H](F)C1.OB(O)c1ccccc1. The van der Waals surface area contributed by atoms with Gasteiger partial charge in [0, 0.05) is 96.1 Å². The van der Waals surface area contributed by atoms with Crippen LogP contribution >= 0.6 is 44.3 Å². The zero-order valence-electron chi connectivity index (χ0n) is 46.7. The van der Waals surface area contributed by atoms with Crippen LogP contribution in [0.4, 0.5) is 39.8 Å². The van der Waals surface area contributed by atoms with Gasteiger partial charge < -0.3 is 41.5 Å². The van der Waals surface area contributed by atoms with Crippen molar-refractivity contribution in [1.82, 2.24) is 73.9 Å². The molecule has 0 saturated carbocycles. The number of nitrogens with zero attached hydrogens (tertiary/aromatic N) is 14. The summed E-state index contributed by atoms with van der Waals surface area (Å²) < 4.78 is 45.0. The minimum atomic E-state index is -1.34. The zero-order chi connectivity index (χ0) is 60.8. The second kappa shape index (κ2) is 30.1. The van der Waals surface area contributed by atoms with E-state index in [-0.39, 0.29) is 37.6 Å². The average molecular weight is 1350 g/mol. The van der Waals surface area contributed by atoms with Gasteiger partial charge >= 0.3 is 19.2 Å². The molecule has 9 heterocycles. The van der Waals surface area contributed by atoms with Crippen molar-refractivity contribution >= 4 is 103 Å². The standard InChI is InChI=1S/C22H19FN6O.C16H14BrFN6O.C11H8BrN5.C6H7BO2.C4H8FN.ClH/c23-18-9-10-28(14-18)22(30)25-19-8-4-7-16(11-19)20-26-21-24-12-17(13-29(21)27-20)15-5-2-1-3-6-15;17-11-7-19-15-21-14(22-24(15)8-11)10-2-1-3-13(6-10)20-16(25)23-5-4-12(18)9-23;12-8-5-14-11-15-10(16-17(11)6-8)7-2-1-3-9(13)4-7;8-7(9)6-4-2-1-3-5-6;5-4-1-2-6-3-4;/h1-8,11-13,18H,9-10,14H2,(H,25,30);1-3,6-8,12H,4-5,9H2,(H,20,25);1-6H,13H2;1-5,8-9H;4,6H,1-3H2;1H/t18-;12-;;;4-;/m01..0./s1. The normalized spacial score (nSPS) is 15.8. The van der Waals surface area contributed by atoms with Crippen LogP contribution in [0.25, 0.3) is 62.6 Å². The number of likely N-dealkylation sites (tertiary alicyclic amines) is 2. The van der Waals surface area contributed by atoms with Gasteiger partial charge in [0.2, 0.25) is 0 Å². The molecule has 3 aliphatic rings. The van der Waals surface area contributed by atoms with Crippen molar-refractivity contribution < 1.29 is 32.8 Å². The number of halogens is 6. The Bertz CT molecular complexity index is 4120. The van der Waals surface area contributed by atoms with Crippen molar-refractivity contribution in [1.29, 1.82) is 0 Å². The molecule has 5 aromatic carbocycles. The van der Waals surface area contributed by atoms with E-state index in [2.05, 4.69) is 93.0 Å². The van der Waals surface area contributed by atoms with Crippen molar-refractivity contribution in [3.8, 4) is 45.3 Å². The lowest BCUT2D eigenvalue weighted by Crippen LogP contribution is -2.33. The molecule has 3 aliphatic heterocycles. The molecular formula is C59H57BBr2ClF3N18O4. The van der Waals surface area contributed by atoms with Gasteiger partial charge in [0.25, 0.3) is 17.3 Å². The number of rotatable bonds is 7. The topological polar surface area (TPSA) is 272 Å². The Morgan fingerprint density at radius 2 is 0.989 bits per heavy atom. The fourth-order valence-electron chi connectivity index (χ4n) is 9.05. The van der Waals surface area contributed by atoms with Gasteiger partial charge in [-0.1, -0.05) is 97.1 Å². The Hall–Kier alpha value is -8.93. The van der Waals surface area contributed by atoms with Crippen molar-refractivity contribution in [2.45, 2.75) is 37.8 Å². The fraction of sp³-hybridized carbons (Fsp3) is 0.203. The summed E-state index contributed by atoms with van der Waals surface area (Å²) in [5.41, 5.74) is 12.5. The molecule has 4 amide bonds. The molecule has 22 nitrogen and oxygen atoms in total. The van der Waals surface area contributed by atoms with Gasteiger partial charge in [0.15, 0.2) is 17.5 Å². The van der Waals surface area contributed by atoms with Crippen molar-refractivity contribution in [3.05, 3.63) is 180 Å². The van der Waals surface area contributed by atoms with Gasteiger partial charge in [-0.2, -0.15) is 15.0 Å². The monoisotopic (exact) mass is 1340 g/mol. The molecule has 0 radical (unpaired) electrons. The molecule has 14 rings (SSSR count). The summed E-state index contributed by atoms with van der Waals surface area (Å²) in [7, 11) is -1.34. The lowest BCUT2D eigenvalue weighted by molar-refractivity contribution is 0.217. The van der Waals surface area contributed by atoms with E-state index in [4.69, 9.17) is 15.8 Å². The number of aromatic nitrogens is 12. The zero-order valence-corrected chi connectivity index (χ0v) is 50.7. The molecule has 0 unspecified atom stereocenters. The van der Waals surface area contributed by atoms with E-state index in [0.29, 0.717) is 96.2 Å². The molecule has 11 aromatic rings. The molecule has 3 atom stereocenters. The van der Waals surface area contributed by atoms with Crippen molar-refractivity contribution in [3.63, 3.8) is 0 Å². The van der Waals surface area contributed by atoms with Crippen LogP contribution < -0.4 is 27.1 Å². The second-order valence-electron chi connectivity index (χ2n) is 20.0. The summed E-state index contributed by atoms with van der Waals surface area (Å²) in [6.45, 7) is 2.56. The van der Waals surface area contributed by atoms with Crippen molar-refractivity contribution in [2.75, 3.05) is 55.6 Å². The molecule has 6 aromatic heterocycles. The highest BCUT2D eigenvalue weighted by atomic mass is 79.9. The number of nitrogen functional groups attached to an aromatic ring is 1. The number of hydrogen-bond acceptors (Lipinski definition) is 15. The maximum Gasteiger partial charge on any atom is 0.488 e. The number of nitrogens with two attached hydrogens (primary N) is 1. The largest absolute Gasteiger partial charge is 0.488 e. The van der Waals surface area contributed by atoms with Crippen LogP contribution in [0.2, 0.25) is 0 Å². The number of alkyl halides is 3. The molecule has 452 valence electrons. The summed E-state index contributed by atoms with van der Waals surface area (Å²) >= 11 is 6.68. The summed E-state index contributed by atoms with van der Waals surface area (Å²) in [5, 5.41) is 39.0. The highest BCUT2D eigenvalue weighted by Crippen LogP contribution is 2.26. The van der Waals surface area contributed by atoms with Gasteiger partial charge in [-0.25, -0.2) is 51.3 Å². The third-order valence-electron chi connectivity index (χ3n) is 13.4. The van der Waals surface area contributed by atoms with E-state index in [1.165, 1.54) is 9.80 Å². The number of amides is 4. The maximum absolute atomic E-state index is 13.3. The quantitative estimate of drug-likeness (QED) is 0.0641. The van der Waals surface area contributed by atoms with Crippen molar-refractivity contribution in [2.24, 2.45) is 0 Å². The Labute approximate surface area is 525 Å². The molecule has 3 saturated heterocycles. The predicted octanol–water partition coefficient (Wildman–Crippen LogP) is 9.41. The number of benzene rings is 5. The maximum atomic E-state index is 13.3. The number of carbonyl (C=O) groups is 2. The first-order chi connectivity index (χ1) is 42.2. The lowest BCUT2D eigenvalue weighted by Gasteiger charge is -2.16. The lowest BCUT2D eigenvalue weighted by atomic mass is 9.81. The smallest absolute Gasteiger partial charge is 0.423 e. The Balaban J connectivity index is 0.000000143. The second-order valence-corrected chi connectivity index (χ2v) is 21.8. The Morgan fingerprint density at radius 3 is 1.40 bits per heavy atom. The van der Waals surface area contributed by atoms with Crippen LogP contribution in [0.1, 0.15) is 19.3 Å². The highest BCUT2D eigenvalue weighted by Gasteiger charge is 2.27. The number of urea groups is 2. The first kappa shape index (κ1) is 63.6. The van der Waals surface area contributed by atoms with Crippen LogP contribution in [-0.2, 0) is 0 Å². The van der Waals surface area contributed by atoms with Crippen LogP contribution in [0.3, 0.4) is 0 Å². The van der Waals surface area contributed by atoms with Gasteiger partial charge in [-0.3, -0.25) is 0 Å². The molecular weight excluding hydrogens is 1290 g/mol. The molecule has 3 fully saturated rings. The van der Waals surface area contributed by atoms with Crippen LogP contribution in [0.15, 0.2) is 180 Å². The van der Waals surface area contributed by atoms with Gasteiger partial charge in [0.1, 0.15) is 18.5 Å². The molecule has 88 heavy (non-hydrogen) atoms.